The highest BCUT2D eigenvalue weighted by molar-refractivity contribution is 5.91. The molecule has 1 unspecified atom stereocenters. The van der Waals surface area contributed by atoms with Gasteiger partial charge in [0.25, 0.3) is 5.91 Å². The molecule has 4 N–H and O–H groups in total. The average Bonchev–Trinajstić information content (AvgIpc) is 2.26. The maximum Gasteiger partial charge on any atom is 0.303 e. The lowest BCUT2D eigenvalue weighted by Crippen LogP contribution is -2.18. The minimum Gasteiger partial charge on any atom is -0.481 e. The minimum atomic E-state index is -0.828. The molecule has 1 atom stereocenters. The van der Waals surface area contributed by atoms with Crippen LogP contribution in [0.3, 0.4) is 0 Å². The van der Waals surface area contributed by atoms with Crippen LogP contribution >= 0.6 is 0 Å². The number of rotatable bonds is 6. The molecule has 17 heavy (non-hydrogen) atoms. The van der Waals surface area contributed by atoms with E-state index in [4.69, 9.17) is 10.8 Å². The predicted octanol–water partition coefficient (Wildman–Crippen LogP) is 0.846. The van der Waals surface area contributed by atoms with Gasteiger partial charge in [-0.2, -0.15) is 0 Å². The Morgan fingerprint density at radius 2 is 2.29 bits per heavy atom. The Morgan fingerprint density at radius 3 is 2.88 bits per heavy atom. The van der Waals surface area contributed by atoms with Crippen molar-refractivity contribution < 1.29 is 14.7 Å². The second kappa shape index (κ2) is 5.83. The second-order valence-electron chi connectivity index (χ2n) is 3.77. The van der Waals surface area contributed by atoms with Crippen molar-refractivity contribution >= 4 is 17.6 Å². The molecule has 92 valence electrons. The van der Waals surface area contributed by atoms with E-state index in [0.717, 1.165) is 0 Å². The first-order valence-corrected chi connectivity index (χ1v) is 5.23. The number of pyridine rings is 1. The van der Waals surface area contributed by atoms with Gasteiger partial charge in [0.05, 0.1) is 0 Å². The van der Waals surface area contributed by atoms with Crippen LogP contribution in [0.5, 0.6) is 0 Å². The van der Waals surface area contributed by atoms with Crippen LogP contribution in [-0.4, -0.2) is 28.0 Å². The molecule has 0 aliphatic carbocycles. The number of aliphatic carboxylic acids is 1. The van der Waals surface area contributed by atoms with Gasteiger partial charge >= 0.3 is 5.97 Å². The summed E-state index contributed by atoms with van der Waals surface area (Å²) in [6.45, 7) is 1.87. The number of aromatic nitrogens is 1. The molecule has 6 nitrogen and oxygen atoms in total. The first-order valence-electron chi connectivity index (χ1n) is 5.23. The molecule has 6 heteroatoms. The second-order valence-corrected chi connectivity index (χ2v) is 3.77. The summed E-state index contributed by atoms with van der Waals surface area (Å²) in [7, 11) is 0. The summed E-state index contributed by atoms with van der Waals surface area (Å²) in [5, 5.41) is 11.6. The van der Waals surface area contributed by atoms with Gasteiger partial charge in [-0.3, -0.25) is 14.6 Å². The molecule has 1 aromatic rings. The lowest BCUT2D eigenvalue weighted by molar-refractivity contribution is -0.137. The van der Waals surface area contributed by atoms with Crippen LogP contribution in [-0.2, 0) is 4.79 Å². The van der Waals surface area contributed by atoms with E-state index in [-0.39, 0.29) is 18.2 Å². The zero-order valence-electron chi connectivity index (χ0n) is 9.51. The number of carboxylic acid groups (broad SMARTS) is 1. The summed E-state index contributed by atoms with van der Waals surface area (Å²) >= 11 is 0. The van der Waals surface area contributed by atoms with Gasteiger partial charge in [-0.25, -0.2) is 0 Å². The Balaban J connectivity index is 2.58. The minimum absolute atomic E-state index is 0.00535. The molecule has 0 saturated carbocycles. The quantitative estimate of drug-likeness (QED) is 0.680. The lowest BCUT2D eigenvalue weighted by atomic mass is 10.1. The normalized spacial score (nSPS) is 11.8. The summed E-state index contributed by atoms with van der Waals surface area (Å²) in [5.74, 6) is -1.42. The first-order chi connectivity index (χ1) is 7.99. The largest absolute Gasteiger partial charge is 0.481 e. The molecule has 0 aromatic carbocycles. The highest BCUT2D eigenvalue weighted by Gasteiger charge is 2.07. The van der Waals surface area contributed by atoms with Gasteiger partial charge in [-0.15, -0.1) is 0 Å². The molecule has 0 radical (unpaired) electrons. The van der Waals surface area contributed by atoms with E-state index in [1.807, 2.05) is 6.92 Å². The molecule has 1 heterocycles. The van der Waals surface area contributed by atoms with E-state index < -0.39 is 11.9 Å². The average molecular weight is 237 g/mol. The molecule has 1 aromatic heterocycles. The Labute approximate surface area is 98.8 Å². The monoisotopic (exact) mass is 237 g/mol. The van der Waals surface area contributed by atoms with Crippen molar-refractivity contribution in [3.05, 3.63) is 24.0 Å². The summed E-state index contributed by atoms with van der Waals surface area (Å²) in [6, 6.07) is 3.23. The number of anilines is 1. The van der Waals surface area contributed by atoms with Crippen LogP contribution in [0, 0.1) is 0 Å². The standard InChI is InChI=1S/C11H15N3O3/c1-7(2-3-10(15)16)14-8-4-5-13-9(6-8)11(12)17/h4-7H,2-3H2,1H3,(H2,12,17)(H,13,14)(H,15,16). The highest BCUT2D eigenvalue weighted by atomic mass is 16.4. The fraction of sp³-hybridized carbons (Fsp3) is 0.364. The number of carboxylic acids is 1. The molecule has 0 spiro atoms. The molecule has 0 bridgehead atoms. The molecular weight excluding hydrogens is 222 g/mol. The maximum absolute atomic E-state index is 10.9. The summed E-state index contributed by atoms with van der Waals surface area (Å²) in [6.07, 6.45) is 2.08. The van der Waals surface area contributed by atoms with E-state index in [0.29, 0.717) is 12.1 Å². The van der Waals surface area contributed by atoms with Gasteiger partial charge in [-0.1, -0.05) is 0 Å². The van der Waals surface area contributed by atoms with E-state index in [1.165, 1.54) is 6.20 Å². The van der Waals surface area contributed by atoms with Crippen LogP contribution in [0.1, 0.15) is 30.3 Å². The van der Waals surface area contributed by atoms with Crippen LogP contribution < -0.4 is 11.1 Å². The van der Waals surface area contributed by atoms with Crippen LogP contribution in [0.4, 0.5) is 5.69 Å². The van der Waals surface area contributed by atoms with Gasteiger partial charge in [0.2, 0.25) is 0 Å². The van der Waals surface area contributed by atoms with Crippen molar-refractivity contribution in [3.8, 4) is 0 Å². The summed E-state index contributed by atoms with van der Waals surface area (Å²) in [4.78, 5) is 25.1. The van der Waals surface area contributed by atoms with Gasteiger partial charge < -0.3 is 16.2 Å². The number of hydrogen-bond donors (Lipinski definition) is 3. The molecule has 0 aliphatic rings. The lowest BCUT2D eigenvalue weighted by Gasteiger charge is -2.14. The number of amides is 1. The number of primary amides is 1. The van der Waals surface area contributed by atoms with Crippen molar-refractivity contribution in [1.29, 1.82) is 0 Å². The third-order valence-electron chi connectivity index (χ3n) is 2.22. The Bertz CT molecular complexity index is 420. The van der Waals surface area contributed by atoms with E-state index in [2.05, 4.69) is 10.3 Å². The smallest absolute Gasteiger partial charge is 0.303 e. The predicted molar refractivity (Wildman–Crippen MR) is 62.7 cm³/mol. The number of carbonyl (C=O) groups is 2. The zero-order chi connectivity index (χ0) is 12.8. The van der Waals surface area contributed by atoms with E-state index >= 15 is 0 Å². The van der Waals surface area contributed by atoms with Crippen LogP contribution in [0.15, 0.2) is 18.3 Å². The molecule has 0 aliphatic heterocycles. The highest BCUT2D eigenvalue weighted by Crippen LogP contribution is 2.11. The van der Waals surface area contributed by atoms with Crippen LogP contribution in [0.25, 0.3) is 0 Å². The van der Waals surface area contributed by atoms with Gasteiger partial charge in [0, 0.05) is 24.3 Å². The van der Waals surface area contributed by atoms with Crippen molar-refractivity contribution in [2.24, 2.45) is 5.73 Å². The topological polar surface area (TPSA) is 105 Å². The third-order valence-corrected chi connectivity index (χ3v) is 2.22. The SMILES string of the molecule is CC(CCC(=O)O)Nc1ccnc(C(N)=O)c1. The summed E-state index contributed by atoms with van der Waals surface area (Å²) in [5.41, 5.74) is 5.99. The Kier molecular flexibility index (Phi) is 4.45. The van der Waals surface area contributed by atoms with Crippen molar-refractivity contribution in [3.63, 3.8) is 0 Å². The number of nitrogens with zero attached hydrogens (tertiary/aromatic N) is 1. The first kappa shape index (κ1) is 13.0. The number of carbonyl (C=O) groups excluding carboxylic acids is 1. The van der Waals surface area contributed by atoms with Crippen LogP contribution in [0.2, 0.25) is 0 Å². The van der Waals surface area contributed by atoms with E-state index in [9.17, 15) is 9.59 Å². The van der Waals surface area contributed by atoms with Crippen molar-refractivity contribution in [2.45, 2.75) is 25.8 Å². The van der Waals surface area contributed by atoms with Crippen molar-refractivity contribution in [1.82, 2.24) is 4.98 Å². The Hall–Kier alpha value is -2.11. The van der Waals surface area contributed by atoms with Gasteiger partial charge in [-0.05, 0) is 25.5 Å². The third kappa shape index (κ3) is 4.50. The Morgan fingerprint density at radius 1 is 1.59 bits per heavy atom. The fourth-order valence-electron chi connectivity index (χ4n) is 1.35. The fourth-order valence-corrected chi connectivity index (χ4v) is 1.35. The van der Waals surface area contributed by atoms with Gasteiger partial charge in [0.1, 0.15) is 5.69 Å². The van der Waals surface area contributed by atoms with E-state index in [1.54, 1.807) is 12.1 Å². The van der Waals surface area contributed by atoms with Crippen molar-refractivity contribution in [2.75, 3.05) is 5.32 Å². The van der Waals surface area contributed by atoms with Gasteiger partial charge in [0.15, 0.2) is 0 Å². The molecule has 0 saturated heterocycles. The molecular formula is C11H15N3O3. The number of nitrogens with two attached hydrogens (primary N) is 1. The zero-order valence-corrected chi connectivity index (χ0v) is 9.51. The molecule has 1 rings (SSSR count). The molecule has 1 amide bonds. The number of nitrogens with one attached hydrogen (secondary N) is 1. The summed E-state index contributed by atoms with van der Waals surface area (Å²) < 4.78 is 0. The number of hydrogen-bond acceptors (Lipinski definition) is 4. The maximum atomic E-state index is 10.9. The molecule has 0 fully saturated rings.